The van der Waals surface area contributed by atoms with Crippen LogP contribution in [-0.2, 0) is 9.84 Å². The van der Waals surface area contributed by atoms with Crippen molar-refractivity contribution in [2.75, 3.05) is 31.1 Å². The van der Waals surface area contributed by atoms with E-state index in [1.165, 1.54) is 12.8 Å². The molecule has 0 radical (unpaired) electrons. The van der Waals surface area contributed by atoms with Crippen molar-refractivity contribution in [2.24, 2.45) is 5.73 Å². The zero-order valence-electron chi connectivity index (χ0n) is 11.4. The molecule has 0 aromatic carbocycles. The Bertz CT molecular complexity index is 565. The monoisotopic (exact) mass is 300 g/mol. The van der Waals surface area contributed by atoms with Crippen LogP contribution in [-0.4, -0.2) is 54.6 Å². The van der Waals surface area contributed by atoms with Gasteiger partial charge in [-0.25, -0.2) is 8.42 Å². The van der Waals surface area contributed by atoms with Gasteiger partial charge in [0.05, 0.1) is 23.5 Å². The van der Waals surface area contributed by atoms with E-state index in [1.807, 2.05) is 0 Å². The third-order valence-corrected chi connectivity index (χ3v) is 5.79. The van der Waals surface area contributed by atoms with Crippen molar-refractivity contribution in [3.63, 3.8) is 0 Å². The van der Waals surface area contributed by atoms with Gasteiger partial charge in [0.2, 0.25) is 5.89 Å². The Morgan fingerprint density at radius 3 is 2.80 bits per heavy atom. The minimum absolute atomic E-state index is 0.107. The minimum Gasteiger partial charge on any atom is -0.339 e. The Labute approximate surface area is 118 Å². The van der Waals surface area contributed by atoms with E-state index >= 15 is 0 Å². The quantitative estimate of drug-likeness (QED) is 0.839. The summed E-state index contributed by atoms with van der Waals surface area (Å²) in [6.45, 7) is 2.86. The average molecular weight is 300 g/mol. The molecule has 20 heavy (non-hydrogen) atoms. The fourth-order valence-electron chi connectivity index (χ4n) is 2.88. The molecule has 2 aliphatic rings. The first-order valence-electron chi connectivity index (χ1n) is 7.05. The van der Waals surface area contributed by atoms with Gasteiger partial charge in [0.1, 0.15) is 0 Å². The van der Waals surface area contributed by atoms with E-state index < -0.39 is 9.84 Å². The van der Waals surface area contributed by atoms with Crippen molar-refractivity contribution in [3.8, 4) is 0 Å². The van der Waals surface area contributed by atoms with Gasteiger partial charge in [0, 0.05) is 6.54 Å². The molecule has 3 heterocycles. The van der Waals surface area contributed by atoms with Crippen molar-refractivity contribution < 1.29 is 12.9 Å². The number of aromatic nitrogens is 2. The summed E-state index contributed by atoms with van der Waals surface area (Å²) in [6, 6.07) is -0.274. The van der Waals surface area contributed by atoms with Gasteiger partial charge in [-0.15, -0.1) is 0 Å². The molecule has 112 valence electrons. The summed E-state index contributed by atoms with van der Waals surface area (Å²) in [6.07, 6.45) is 2.99. The van der Waals surface area contributed by atoms with Crippen LogP contribution in [0.2, 0.25) is 0 Å². The van der Waals surface area contributed by atoms with E-state index in [0.29, 0.717) is 18.1 Å². The van der Waals surface area contributed by atoms with Gasteiger partial charge < -0.3 is 15.2 Å². The summed E-state index contributed by atoms with van der Waals surface area (Å²) >= 11 is 0. The SMILES string of the molecule is NC(CN1CCCC1)c1noc(C2CCS(=O)(=O)C2)n1. The molecule has 1 aromatic heterocycles. The minimum atomic E-state index is -2.94. The highest BCUT2D eigenvalue weighted by Gasteiger charge is 2.33. The first kappa shape index (κ1) is 14.0. The Morgan fingerprint density at radius 1 is 1.40 bits per heavy atom. The van der Waals surface area contributed by atoms with Crippen LogP contribution >= 0.6 is 0 Å². The van der Waals surface area contributed by atoms with Gasteiger partial charge in [-0.2, -0.15) is 4.98 Å². The first-order chi connectivity index (χ1) is 9.53. The van der Waals surface area contributed by atoms with Gasteiger partial charge in [0.25, 0.3) is 0 Å². The number of rotatable bonds is 4. The van der Waals surface area contributed by atoms with E-state index in [1.54, 1.807) is 0 Å². The third-order valence-electron chi connectivity index (χ3n) is 4.02. The van der Waals surface area contributed by atoms with Crippen molar-refractivity contribution in [1.82, 2.24) is 15.0 Å². The smallest absolute Gasteiger partial charge is 0.230 e. The molecule has 7 nitrogen and oxygen atoms in total. The molecule has 2 atom stereocenters. The predicted octanol–water partition coefficient (Wildman–Crippen LogP) is 0.0673. The number of hydrogen-bond donors (Lipinski definition) is 1. The van der Waals surface area contributed by atoms with Gasteiger partial charge in [-0.1, -0.05) is 5.16 Å². The molecule has 2 saturated heterocycles. The summed E-state index contributed by atoms with van der Waals surface area (Å²) < 4.78 is 28.1. The normalized spacial score (nSPS) is 27.9. The molecule has 2 fully saturated rings. The van der Waals surface area contributed by atoms with Crippen LogP contribution in [0.15, 0.2) is 4.52 Å². The Hall–Kier alpha value is -0.990. The number of nitrogens with zero attached hydrogens (tertiary/aromatic N) is 3. The summed E-state index contributed by atoms with van der Waals surface area (Å²) in [7, 11) is -2.94. The summed E-state index contributed by atoms with van der Waals surface area (Å²) in [4.78, 5) is 6.60. The van der Waals surface area contributed by atoms with Crippen LogP contribution in [0.1, 0.15) is 42.9 Å². The maximum Gasteiger partial charge on any atom is 0.230 e. The second-order valence-corrected chi connectivity index (χ2v) is 7.93. The lowest BCUT2D eigenvalue weighted by Gasteiger charge is -2.17. The molecular weight excluding hydrogens is 280 g/mol. The van der Waals surface area contributed by atoms with Crippen LogP contribution < -0.4 is 5.73 Å². The molecule has 0 amide bonds. The molecule has 1 aromatic rings. The molecule has 0 bridgehead atoms. The maximum atomic E-state index is 11.5. The summed E-state index contributed by atoms with van der Waals surface area (Å²) in [5, 5.41) is 3.92. The third kappa shape index (κ3) is 3.02. The molecule has 2 N–H and O–H groups in total. The van der Waals surface area contributed by atoms with Gasteiger partial charge in [-0.05, 0) is 32.4 Å². The molecule has 0 spiro atoms. The first-order valence-corrected chi connectivity index (χ1v) is 8.87. The van der Waals surface area contributed by atoms with Crippen LogP contribution in [0.3, 0.4) is 0 Å². The second-order valence-electron chi connectivity index (χ2n) is 5.70. The van der Waals surface area contributed by atoms with Crippen LogP contribution in [0, 0.1) is 0 Å². The number of nitrogens with two attached hydrogens (primary N) is 1. The number of likely N-dealkylation sites (tertiary alicyclic amines) is 1. The van der Waals surface area contributed by atoms with Gasteiger partial charge in [-0.3, -0.25) is 0 Å². The lowest BCUT2D eigenvalue weighted by molar-refractivity contribution is 0.304. The van der Waals surface area contributed by atoms with Crippen LogP contribution in [0.25, 0.3) is 0 Å². The molecule has 0 saturated carbocycles. The largest absolute Gasteiger partial charge is 0.339 e. The molecule has 2 aliphatic heterocycles. The second kappa shape index (κ2) is 5.42. The summed E-state index contributed by atoms with van der Waals surface area (Å²) in [5.41, 5.74) is 6.10. The number of sulfone groups is 1. The van der Waals surface area contributed by atoms with E-state index in [0.717, 1.165) is 19.6 Å². The molecule has 8 heteroatoms. The highest BCUT2D eigenvalue weighted by molar-refractivity contribution is 7.91. The fraction of sp³-hybridized carbons (Fsp3) is 0.833. The predicted molar refractivity (Wildman–Crippen MR) is 72.9 cm³/mol. The molecule has 2 unspecified atom stereocenters. The molecule has 0 aliphatic carbocycles. The zero-order chi connectivity index (χ0) is 14.2. The topological polar surface area (TPSA) is 102 Å². The van der Waals surface area contributed by atoms with Crippen LogP contribution in [0.5, 0.6) is 0 Å². The van der Waals surface area contributed by atoms with Gasteiger partial charge >= 0.3 is 0 Å². The van der Waals surface area contributed by atoms with E-state index in [2.05, 4.69) is 15.0 Å². The Kier molecular flexibility index (Phi) is 3.78. The maximum absolute atomic E-state index is 11.5. The molecular formula is C12H20N4O3S. The Morgan fingerprint density at radius 2 is 2.15 bits per heavy atom. The van der Waals surface area contributed by atoms with Crippen molar-refractivity contribution >= 4 is 9.84 Å². The summed E-state index contributed by atoms with van der Waals surface area (Å²) in [5.74, 6) is 1.04. The Balaban J connectivity index is 1.64. The van der Waals surface area contributed by atoms with Crippen molar-refractivity contribution in [3.05, 3.63) is 11.7 Å². The van der Waals surface area contributed by atoms with Crippen LogP contribution in [0.4, 0.5) is 0 Å². The standard InChI is InChI=1S/C12H20N4O3S/c13-10(7-16-4-1-2-5-16)11-14-12(19-15-11)9-3-6-20(17,18)8-9/h9-10H,1-8,13H2. The van der Waals surface area contributed by atoms with E-state index in [9.17, 15) is 8.42 Å². The van der Waals surface area contributed by atoms with Crippen molar-refractivity contribution in [2.45, 2.75) is 31.2 Å². The fourth-order valence-corrected chi connectivity index (χ4v) is 4.61. The highest BCUT2D eigenvalue weighted by atomic mass is 32.2. The lowest BCUT2D eigenvalue weighted by Crippen LogP contribution is -2.30. The number of hydrogen-bond acceptors (Lipinski definition) is 7. The van der Waals surface area contributed by atoms with Gasteiger partial charge in [0.15, 0.2) is 15.7 Å². The average Bonchev–Trinajstić information content (AvgIpc) is 3.08. The zero-order valence-corrected chi connectivity index (χ0v) is 12.2. The van der Waals surface area contributed by atoms with Crippen molar-refractivity contribution in [1.29, 1.82) is 0 Å². The highest BCUT2D eigenvalue weighted by Crippen LogP contribution is 2.28. The van der Waals surface area contributed by atoms with E-state index in [4.69, 9.17) is 10.3 Å². The lowest BCUT2D eigenvalue weighted by atomic mass is 10.1. The van der Waals surface area contributed by atoms with E-state index in [-0.39, 0.29) is 23.5 Å². The molecule has 3 rings (SSSR count).